The van der Waals surface area contributed by atoms with Crippen LogP contribution in [-0.2, 0) is 4.79 Å². The van der Waals surface area contributed by atoms with Crippen LogP contribution in [0, 0.1) is 10.1 Å². The van der Waals surface area contributed by atoms with Gasteiger partial charge in [0.25, 0.3) is 11.6 Å². The maximum Gasteiger partial charge on any atom is 0.288 e. The zero-order valence-corrected chi connectivity index (χ0v) is 12.5. The van der Waals surface area contributed by atoms with Gasteiger partial charge in [-0.05, 0) is 20.8 Å². The highest BCUT2D eigenvalue weighted by Gasteiger charge is 2.21. The van der Waals surface area contributed by atoms with Crippen LogP contribution in [0.5, 0.6) is 0 Å². The summed E-state index contributed by atoms with van der Waals surface area (Å²) in [7, 11) is 0. The second kappa shape index (κ2) is 6.98. The molecule has 1 rings (SSSR count). The van der Waals surface area contributed by atoms with Gasteiger partial charge in [-0.3, -0.25) is 19.7 Å². The lowest BCUT2D eigenvalue weighted by molar-refractivity contribution is -0.385. The maximum atomic E-state index is 12.0. The van der Waals surface area contributed by atoms with Crippen LogP contribution < -0.4 is 10.6 Å². The van der Waals surface area contributed by atoms with E-state index in [1.54, 1.807) is 13.8 Å². The van der Waals surface area contributed by atoms with Gasteiger partial charge in [0.15, 0.2) is 0 Å². The first-order chi connectivity index (χ1) is 9.72. The molecular formula is C12H15ClN4O4. The number of nitrogens with zero attached hydrogens (tertiary/aromatic N) is 2. The van der Waals surface area contributed by atoms with Crippen molar-refractivity contribution >= 4 is 29.1 Å². The van der Waals surface area contributed by atoms with Gasteiger partial charge in [0.05, 0.1) is 10.5 Å². The second-order valence-electron chi connectivity index (χ2n) is 4.65. The standard InChI is InChI=1S/C12H15ClN4O4/c1-6(2)15-11(18)7(3)16-12(19)9-4-8(17(20)21)5-14-10(9)13/h4-7H,1-3H3,(H,15,18)(H,16,19). The summed E-state index contributed by atoms with van der Waals surface area (Å²) in [5.74, 6) is -1.07. The Morgan fingerprint density at radius 3 is 2.48 bits per heavy atom. The average Bonchev–Trinajstić information content (AvgIpc) is 2.37. The van der Waals surface area contributed by atoms with Crippen molar-refractivity contribution < 1.29 is 14.5 Å². The fourth-order valence-electron chi connectivity index (χ4n) is 1.45. The molecule has 21 heavy (non-hydrogen) atoms. The Balaban J connectivity index is 2.87. The van der Waals surface area contributed by atoms with Crippen LogP contribution in [-0.4, -0.2) is 33.8 Å². The molecule has 2 amide bonds. The molecule has 1 aromatic rings. The number of hydrogen-bond donors (Lipinski definition) is 2. The topological polar surface area (TPSA) is 114 Å². The number of rotatable bonds is 5. The molecule has 0 aliphatic carbocycles. The minimum Gasteiger partial charge on any atom is -0.352 e. The van der Waals surface area contributed by atoms with Crippen LogP contribution in [0.15, 0.2) is 12.3 Å². The molecule has 2 N–H and O–H groups in total. The van der Waals surface area contributed by atoms with E-state index in [-0.39, 0.29) is 28.4 Å². The lowest BCUT2D eigenvalue weighted by Gasteiger charge is -2.16. The van der Waals surface area contributed by atoms with Crippen LogP contribution in [0.25, 0.3) is 0 Å². The van der Waals surface area contributed by atoms with Crippen molar-refractivity contribution in [3.63, 3.8) is 0 Å². The van der Waals surface area contributed by atoms with Crippen molar-refractivity contribution in [2.24, 2.45) is 0 Å². The van der Waals surface area contributed by atoms with Crippen molar-refractivity contribution in [2.75, 3.05) is 0 Å². The van der Waals surface area contributed by atoms with Crippen molar-refractivity contribution in [1.29, 1.82) is 0 Å². The first-order valence-electron chi connectivity index (χ1n) is 6.13. The number of nitro groups is 1. The van der Waals surface area contributed by atoms with Crippen LogP contribution >= 0.6 is 11.6 Å². The van der Waals surface area contributed by atoms with Crippen LogP contribution in [0.3, 0.4) is 0 Å². The van der Waals surface area contributed by atoms with E-state index in [0.717, 1.165) is 12.3 Å². The number of pyridine rings is 1. The zero-order valence-electron chi connectivity index (χ0n) is 11.7. The fraction of sp³-hybridized carbons (Fsp3) is 0.417. The molecule has 1 atom stereocenters. The van der Waals surface area contributed by atoms with Gasteiger partial charge in [-0.1, -0.05) is 11.6 Å². The molecule has 0 aromatic carbocycles. The van der Waals surface area contributed by atoms with Gasteiger partial charge in [0, 0.05) is 12.1 Å². The highest BCUT2D eigenvalue weighted by molar-refractivity contribution is 6.32. The average molecular weight is 315 g/mol. The summed E-state index contributed by atoms with van der Waals surface area (Å²) in [4.78, 5) is 37.3. The summed E-state index contributed by atoms with van der Waals surface area (Å²) in [6.45, 7) is 5.07. The molecule has 1 heterocycles. The summed E-state index contributed by atoms with van der Waals surface area (Å²) >= 11 is 5.75. The first kappa shape index (κ1) is 16.8. The van der Waals surface area contributed by atoms with Crippen LogP contribution in [0.4, 0.5) is 5.69 Å². The lowest BCUT2D eigenvalue weighted by Crippen LogP contribution is -2.46. The minimum atomic E-state index is -0.810. The molecule has 0 saturated carbocycles. The Kier molecular flexibility index (Phi) is 5.60. The monoisotopic (exact) mass is 314 g/mol. The highest BCUT2D eigenvalue weighted by Crippen LogP contribution is 2.19. The third-order valence-corrected chi connectivity index (χ3v) is 2.75. The summed E-state index contributed by atoms with van der Waals surface area (Å²) < 4.78 is 0. The van der Waals surface area contributed by atoms with E-state index in [0.29, 0.717) is 0 Å². The molecule has 0 saturated heterocycles. The number of aromatic nitrogens is 1. The van der Waals surface area contributed by atoms with E-state index in [2.05, 4.69) is 15.6 Å². The normalized spacial score (nSPS) is 11.9. The molecule has 8 nitrogen and oxygen atoms in total. The Bertz CT molecular complexity index is 576. The molecule has 0 radical (unpaired) electrons. The number of hydrogen-bond acceptors (Lipinski definition) is 5. The molecule has 0 fully saturated rings. The predicted octanol–water partition coefficient (Wildman–Crippen LogP) is 1.29. The van der Waals surface area contributed by atoms with Crippen molar-refractivity contribution in [1.82, 2.24) is 15.6 Å². The number of nitrogens with one attached hydrogen (secondary N) is 2. The molecule has 1 aromatic heterocycles. The van der Waals surface area contributed by atoms with E-state index in [1.165, 1.54) is 6.92 Å². The molecular weight excluding hydrogens is 300 g/mol. The maximum absolute atomic E-state index is 12.0. The Morgan fingerprint density at radius 2 is 1.95 bits per heavy atom. The third-order valence-electron chi connectivity index (χ3n) is 2.45. The number of halogens is 1. The van der Waals surface area contributed by atoms with Crippen LogP contribution in [0.1, 0.15) is 31.1 Å². The summed E-state index contributed by atoms with van der Waals surface area (Å²) in [5.41, 5.74) is -0.515. The van der Waals surface area contributed by atoms with Gasteiger partial charge in [0.2, 0.25) is 5.91 Å². The molecule has 0 bridgehead atoms. The lowest BCUT2D eigenvalue weighted by atomic mass is 10.2. The molecule has 114 valence electrons. The molecule has 0 spiro atoms. The molecule has 1 unspecified atom stereocenters. The van der Waals surface area contributed by atoms with Gasteiger partial charge < -0.3 is 10.6 Å². The van der Waals surface area contributed by atoms with E-state index >= 15 is 0 Å². The number of amides is 2. The van der Waals surface area contributed by atoms with E-state index in [1.807, 2.05) is 0 Å². The fourth-order valence-corrected chi connectivity index (χ4v) is 1.63. The van der Waals surface area contributed by atoms with Gasteiger partial charge in [0.1, 0.15) is 17.4 Å². The largest absolute Gasteiger partial charge is 0.352 e. The van der Waals surface area contributed by atoms with Gasteiger partial charge >= 0.3 is 0 Å². The van der Waals surface area contributed by atoms with Gasteiger partial charge in [-0.25, -0.2) is 4.98 Å². The van der Waals surface area contributed by atoms with E-state index < -0.39 is 16.9 Å². The predicted molar refractivity (Wildman–Crippen MR) is 76.1 cm³/mol. The molecule has 9 heteroatoms. The van der Waals surface area contributed by atoms with Gasteiger partial charge in [-0.15, -0.1) is 0 Å². The van der Waals surface area contributed by atoms with Crippen molar-refractivity contribution in [2.45, 2.75) is 32.9 Å². The number of carbonyl (C=O) groups is 2. The smallest absolute Gasteiger partial charge is 0.288 e. The summed E-state index contributed by atoms with van der Waals surface area (Å²) in [6.07, 6.45) is 0.952. The second-order valence-corrected chi connectivity index (χ2v) is 5.01. The summed E-state index contributed by atoms with van der Waals surface area (Å²) in [6, 6.07) is 0.132. The third kappa shape index (κ3) is 4.67. The number of carbonyl (C=O) groups excluding carboxylic acids is 2. The summed E-state index contributed by atoms with van der Waals surface area (Å²) in [5, 5.41) is 15.5. The van der Waals surface area contributed by atoms with Crippen LogP contribution in [0.2, 0.25) is 5.15 Å². The van der Waals surface area contributed by atoms with Crippen molar-refractivity contribution in [3.8, 4) is 0 Å². The Labute approximate surface area is 126 Å². The molecule has 0 aliphatic heterocycles. The Morgan fingerprint density at radius 1 is 1.33 bits per heavy atom. The first-order valence-corrected chi connectivity index (χ1v) is 6.51. The van der Waals surface area contributed by atoms with E-state index in [9.17, 15) is 19.7 Å². The zero-order chi connectivity index (χ0) is 16.2. The SMILES string of the molecule is CC(C)NC(=O)C(C)NC(=O)c1cc([N+](=O)[O-])cnc1Cl. The van der Waals surface area contributed by atoms with E-state index in [4.69, 9.17) is 11.6 Å². The molecule has 0 aliphatic rings. The quantitative estimate of drug-likeness (QED) is 0.483. The highest BCUT2D eigenvalue weighted by atomic mass is 35.5. The minimum absolute atomic E-state index is 0.0695. The van der Waals surface area contributed by atoms with Gasteiger partial charge in [-0.2, -0.15) is 0 Å². The van der Waals surface area contributed by atoms with Crippen molar-refractivity contribution in [3.05, 3.63) is 33.1 Å². The Hall–Kier alpha value is -2.22.